The number of rotatable bonds is 8. The molecule has 0 bridgehead atoms. The van der Waals surface area contributed by atoms with E-state index in [1.54, 1.807) is 19.1 Å². The van der Waals surface area contributed by atoms with E-state index in [1.807, 2.05) is 24.3 Å². The van der Waals surface area contributed by atoms with Gasteiger partial charge in [0.25, 0.3) is 5.91 Å². The van der Waals surface area contributed by atoms with Crippen LogP contribution in [0.25, 0.3) is 0 Å². The third-order valence-electron chi connectivity index (χ3n) is 3.90. The minimum Gasteiger partial charge on any atom is -0.482 e. The van der Waals surface area contributed by atoms with E-state index in [4.69, 9.17) is 27.9 Å². The lowest BCUT2D eigenvalue weighted by atomic mass is 10.0. The Bertz CT molecular complexity index is 914. The topological polar surface area (TPSA) is 79.8 Å². The van der Waals surface area contributed by atoms with Crippen molar-refractivity contribution in [3.8, 4) is 5.75 Å². The van der Waals surface area contributed by atoms with E-state index in [-0.39, 0.29) is 24.9 Å². The summed E-state index contributed by atoms with van der Waals surface area (Å²) in [6.07, 6.45) is 0.0522. The van der Waals surface area contributed by atoms with E-state index in [0.29, 0.717) is 21.5 Å². The summed E-state index contributed by atoms with van der Waals surface area (Å²) >= 11 is 11.8. The van der Waals surface area contributed by atoms with Gasteiger partial charge < -0.3 is 10.1 Å². The van der Waals surface area contributed by atoms with Crippen molar-refractivity contribution in [2.45, 2.75) is 33.1 Å². The lowest BCUT2D eigenvalue weighted by molar-refractivity contribution is -0.123. The van der Waals surface area contributed by atoms with Gasteiger partial charge in [0, 0.05) is 16.4 Å². The molecule has 0 aromatic heterocycles. The van der Waals surface area contributed by atoms with Gasteiger partial charge in [0.15, 0.2) is 6.61 Å². The molecule has 0 unspecified atom stereocenters. The Morgan fingerprint density at radius 2 is 1.83 bits per heavy atom. The first-order valence-corrected chi connectivity index (χ1v) is 9.80. The summed E-state index contributed by atoms with van der Waals surface area (Å²) in [6.45, 7) is 5.51. The standard InChI is InChI=1S/C21H23Cl2N3O3/c1-13(2)16-6-4-5-7-18(16)24-20(27)10-14(3)25-26-21(28)12-29-19-9-8-15(22)11-17(19)23/h4-9,11,13H,10,12H2,1-3H3,(H,24,27)(H,26,28)/b25-14-. The molecule has 6 nitrogen and oxygen atoms in total. The molecule has 0 heterocycles. The second kappa shape index (κ2) is 10.8. The van der Waals surface area contributed by atoms with Crippen molar-refractivity contribution >= 4 is 46.4 Å². The predicted octanol–water partition coefficient (Wildman–Crippen LogP) is 5.02. The van der Waals surface area contributed by atoms with E-state index in [0.717, 1.165) is 11.3 Å². The van der Waals surface area contributed by atoms with Crippen molar-refractivity contribution in [1.29, 1.82) is 0 Å². The number of benzene rings is 2. The van der Waals surface area contributed by atoms with E-state index in [9.17, 15) is 9.59 Å². The fourth-order valence-corrected chi connectivity index (χ4v) is 2.97. The highest BCUT2D eigenvalue weighted by Gasteiger charge is 2.11. The molecule has 0 saturated carbocycles. The van der Waals surface area contributed by atoms with Gasteiger partial charge in [-0.15, -0.1) is 0 Å². The minimum atomic E-state index is -0.471. The van der Waals surface area contributed by atoms with Gasteiger partial charge in [0.05, 0.1) is 11.4 Å². The highest BCUT2D eigenvalue weighted by molar-refractivity contribution is 6.35. The summed E-state index contributed by atoms with van der Waals surface area (Å²) < 4.78 is 5.33. The monoisotopic (exact) mass is 435 g/mol. The minimum absolute atomic E-state index is 0.0522. The molecule has 2 N–H and O–H groups in total. The van der Waals surface area contributed by atoms with Gasteiger partial charge in [-0.25, -0.2) is 5.43 Å². The summed E-state index contributed by atoms with van der Waals surface area (Å²) in [4.78, 5) is 24.1. The lowest BCUT2D eigenvalue weighted by Gasteiger charge is -2.13. The maximum atomic E-state index is 12.3. The number of anilines is 1. The molecular formula is C21H23Cl2N3O3. The Morgan fingerprint density at radius 1 is 1.10 bits per heavy atom. The van der Waals surface area contributed by atoms with E-state index < -0.39 is 5.91 Å². The normalized spacial score (nSPS) is 11.3. The molecule has 0 aliphatic carbocycles. The number of amides is 2. The molecule has 8 heteroatoms. The van der Waals surface area contributed by atoms with Crippen LogP contribution in [-0.2, 0) is 9.59 Å². The molecule has 0 spiro atoms. The first kappa shape index (κ1) is 22.7. The Hall–Kier alpha value is -2.57. The molecule has 2 aromatic carbocycles. The maximum Gasteiger partial charge on any atom is 0.277 e. The summed E-state index contributed by atoms with van der Waals surface area (Å²) in [6, 6.07) is 12.4. The summed E-state index contributed by atoms with van der Waals surface area (Å²) in [5.74, 6) is -0.0523. The molecule has 0 fully saturated rings. The molecule has 2 rings (SSSR count). The van der Waals surface area contributed by atoms with Crippen molar-refractivity contribution in [2.24, 2.45) is 5.10 Å². The molecule has 0 aliphatic rings. The fourth-order valence-electron chi connectivity index (χ4n) is 2.51. The largest absolute Gasteiger partial charge is 0.482 e. The zero-order valence-corrected chi connectivity index (χ0v) is 18.0. The molecule has 0 atom stereocenters. The van der Waals surface area contributed by atoms with Crippen LogP contribution < -0.4 is 15.5 Å². The van der Waals surface area contributed by atoms with Crippen LogP contribution in [0.4, 0.5) is 5.69 Å². The number of carbonyl (C=O) groups is 2. The van der Waals surface area contributed by atoms with Crippen molar-refractivity contribution in [3.05, 3.63) is 58.1 Å². The third kappa shape index (κ3) is 7.40. The Kier molecular flexibility index (Phi) is 8.49. The Labute approximate surface area is 180 Å². The highest BCUT2D eigenvalue weighted by Crippen LogP contribution is 2.27. The van der Waals surface area contributed by atoms with Crippen molar-refractivity contribution in [2.75, 3.05) is 11.9 Å². The predicted molar refractivity (Wildman–Crippen MR) is 117 cm³/mol. The molecule has 29 heavy (non-hydrogen) atoms. The summed E-state index contributed by atoms with van der Waals surface area (Å²) in [7, 11) is 0. The summed E-state index contributed by atoms with van der Waals surface area (Å²) in [5, 5.41) is 7.60. The van der Waals surface area contributed by atoms with Gasteiger partial charge in [0.2, 0.25) is 5.91 Å². The zero-order valence-electron chi connectivity index (χ0n) is 16.5. The smallest absolute Gasteiger partial charge is 0.277 e. The van der Waals surface area contributed by atoms with Crippen LogP contribution in [0.2, 0.25) is 10.0 Å². The molecule has 2 aromatic rings. The van der Waals surface area contributed by atoms with Crippen LogP contribution in [0.5, 0.6) is 5.75 Å². The first-order valence-electron chi connectivity index (χ1n) is 9.05. The van der Waals surface area contributed by atoms with Gasteiger partial charge in [-0.1, -0.05) is 55.2 Å². The Balaban J connectivity index is 1.83. The van der Waals surface area contributed by atoms with Crippen LogP contribution >= 0.6 is 23.2 Å². The number of nitrogens with zero attached hydrogens (tertiary/aromatic N) is 1. The number of halogens is 2. The number of para-hydroxylation sites is 1. The molecule has 0 aliphatic heterocycles. The van der Waals surface area contributed by atoms with E-state index in [1.165, 1.54) is 6.07 Å². The number of hydrogen-bond donors (Lipinski definition) is 2. The maximum absolute atomic E-state index is 12.3. The second-order valence-corrected chi connectivity index (χ2v) is 7.56. The van der Waals surface area contributed by atoms with Crippen LogP contribution in [0.3, 0.4) is 0 Å². The fraction of sp³-hybridized carbons (Fsp3) is 0.286. The third-order valence-corrected chi connectivity index (χ3v) is 4.43. The highest BCUT2D eigenvalue weighted by atomic mass is 35.5. The molecule has 0 radical (unpaired) electrons. The van der Waals surface area contributed by atoms with Gasteiger partial charge in [-0.2, -0.15) is 5.10 Å². The van der Waals surface area contributed by atoms with Gasteiger partial charge in [-0.05, 0) is 42.7 Å². The second-order valence-electron chi connectivity index (χ2n) is 6.71. The van der Waals surface area contributed by atoms with Crippen LogP contribution in [0.15, 0.2) is 47.6 Å². The van der Waals surface area contributed by atoms with Crippen LogP contribution in [-0.4, -0.2) is 24.1 Å². The molecular weight excluding hydrogens is 413 g/mol. The number of hydrogen-bond acceptors (Lipinski definition) is 4. The van der Waals surface area contributed by atoms with Gasteiger partial charge >= 0.3 is 0 Å². The van der Waals surface area contributed by atoms with E-state index >= 15 is 0 Å². The van der Waals surface area contributed by atoms with Crippen molar-refractivity contribution in [3.63, 3.8) is 0 Å². The Morgan fingerprint density at radius 3 is 2.52 bits per heavy atom. The average molecular weight is 436 g/mol. The average Bonchev–Trinajstić information content (AvgIpc) is 2.65. The number of ether oxygens (including phenoxy) is 1. The first-order chi connectivity index (χ1) is 13.8. The summed E-state index contributed by atoms with van der Waals surface area (Å²) in [5.41, 5.74) is 4.65. The van der Waals surface area contributed by atoms with Crippen molar-refractivity contribution < 1.29 is 14.3 Å². The molecule has 2 amide bonds. The van der Waals surface area contributed by atoms with Crippen molar-refractivity contribution in [1.82, 2.24) is 5.43 Å². The zero-order chi connectivity index (χ0) is 21.4. The quantitative estimate of drug-likeness (QED) is 0.451. The van der Waals surface area contributed by atoms with Crippen LogP contribution in [0.1, 0.15) is 38.7 Å². The van der Waals surface area contributed by atoms with E-state index in [2.05, 4.69) is 29.7 Å². The van der Waals surface area contributed by atoms with Gasteiger partial charge in [-0.3, -0.25) is 9.59 Å². The lowest BCUT2D eigenvalue weighted by Crippen LogP contribution is -2.26. The van der Waals surface area contributed by atoms with Crippen LogP contribution in [0, 0.1) is 0 Å². The SMILES string of the molecule is C/C(CC(=O)Nc1ccccc1C(C)C)=N/NC(=O)COc1ccc(Cl)cc1Cl. The number of carbonyl (C=O) groups excluding carboxylic acids is 2. The molecule has 154 valence electrons. The molecule has 0 saturated heterocycles. The number of nitrogens with one attached hydrogen (secondary N) is 2. The number of hydrazone groups is 1. The van der Waals surface area contributed by atoms with Gasteiger partial charge in [0.1, 0.15) is 5.75 Å².